The molecule has 2 amide bonds. The van der Waals surface area contributed by atoms with Crippen molar-refractivity contribution in [3.63, 3.8) is 0 Å². The van der Waals surface area contributed by atoms with Crippen molar-refractivity contribution in [3.05, 3.63) is 33.7 Å². The van der Waals surface area contributed by atoms with Gasteiger partial charge in [0.1, 0.15) is 12.3 Å². The van der Waals surface area contributed by atoms with Crippen molar-refractivity contribution >= 4 is 28.3 Å². The van der Waals surface area contributed by atoms with Gasteiger partial charge < -0.3 is 9.64 Å². The fourth-order valence-electron chi connectivity index (χ4n) is 2.85. The van der Waals surface area contributed by atoms with E-state index in [2.05, 4.69) is 4.98 Å². The van der Waals surface area contributed by atoms with Crippen molar-refractivity contribution in [1.29, 1.82) is 0 Å². The zero-order chi connectivity index (χ0) is 15.3. The minimum atomic E-state index is -0.427. The van der Waals surface area contributed by atoms with Gasteiger partial charge in [-0.25, -0.2) is 4.79 Å². The number of piperazine rings is 1. The number of hydrogen-bond acceptors (Lipinski definition) is 6. The van der Waals surface area contributed by atoms with Gasteiger partial charge in [-0.15, -0.1) is 11.3 Å². The Labute approximate surface area is 128 Å². The fourth-order valence-corrected chi connectivity index (χ4v) is 3.57. The fraction of sp³-hybridized carbons (Fsp3) is 0.385. The van der Waals surface area contributed by atoms with Crippen LogP contribution in [0.5, 0.6) is 0 Å². The Morgan fingerprint density at radius 3 is 3.09 bits per heavy atom. The summed E-state index contributed by atoms with van der Waals surface area (Å²) in [6, 6.07) is 1.15. The van der Waals surface area contributed by atoms with Crippen molar-refractivity contribution in [2.24, 2.45) is 0 Å². The van der Waals surface area contributed by atoms with E-state index in [4.69, 9.17) is 4.74 Å². The topological polar surface area (TPSA) is 84.2 Å². The lowest BCUT2D eigenvalue weighted by molar-refractivity contribution is 0.0609. The van der Waals surface area contributed by atoms with Crippen LogP contribution in [0.4, 0.5) is 4.79 Å². The predicted molar refractivity (Wildman–Crippen MR) is 77.1 cm³/mol. The van der Waals surface area contributed by atoms with Crippen LogP contribution in [-0.2, 0) is 4.74 Å². The van der Waals surface area contributed by atoms with Crippen LogP contribution in [0.2, 0.25) is 0 Å². The lowest BCUT2D eigenvalue weighted by atomic mass is 10.2. The maximum Gasteiger partial charge on any atom is 0.410 e. The second-order valence-corrected chi connectivity index (χ2v) is 6.08. The second kappa shape index (κ2) is 4.80. The number of cyclic esters (lactones) is 1. The number of carbonyl (C=O) groups excluding carboxylic acids is 2. The van der Waals surface area contributed by atoms with Gasteiger partial charge in [0.05, 0.1) is 6.04 Å². The van der Waals surface area contributed by atoms with E-state index in [1.54, 1.807) is 25.8 Å². The Morgan fingerprint density at radius 1 is 1.36 bits per heavy atom. The summed E-state index contributed by atoms with van der Waals surface area (Å²) in [6.45, 7) is 1.58. The third kappa shape index (κ3) is 1.97. The maximum absolute atomic E-state index is 12.7. The van der Waals surface area contributed by atoms with Gasteiger partial charge in [0, 0.05) is 37.3 Å². The first-order valence-electron chi connectivity index (χ1n) is 6.83. The third-order valence-corrected chi connectivity index (χ3v) is 4.69. The van der Waals surface area contributed by atoms with E-state index in [1.807, 2.05) is 0 Å². The second-order valence-electron chi connectivity index (χ2n) is 5.21. The molecule has 2 saturated heterocycles. The highest BCUT2D eigenvalue weighted by atomic mass is 32.1. The molecule has 2 aliphatic heterocycles. The smallest absolute Gasteiger partial charge is 0.410 e. The summed E-state index contributed by atoms with van der Waals surface area (Å²) >= 11 is 1.30. The van der Waals surface area contributed by atoms with E-state index in [9.17, 15) is 14.4 Å². The number of aromatic nitrogens is 2. The Kier molecular flexibility index (Phi) is 2.89. The van der Waals surface area contributed by atoms with Gasteiger partial charge in [-0.3, -0.25) is 18.9 Å². The van der Waals surface area contributed by atoms with Gasteiger partial charge in [0.2, 0.25) is 0 Å². The van der Waals surface area contributed by atoms with E-state index in [0.29, 0.717) is 36.9 Å². The normalized spacial score (nSPS) is 21.1. The van der Waals surface area contributed by atoms with E-state index in [1.165, 1.54) is 17.4 Å². The molecule has 2 aromatic rings. The highest BCUT2D eigenvalue weighted by Crippen LogP contribution is 2.19. The van der Waals surface area contributed by atoms with Gasteiger partial charge in [-0.05, 0) is 0 Å². The molecule has 0 aromatic carbocycles. The molecule has 2 aromatic heterocycles. The molecule has 0 bridgehead atoms. The van der Waals surface area contributed by atoms with Gasteiger partial charge in [0.25, 0.3) is 11.5 Å². The molecular formula is C13H12N4O4S. The van der Waals surface area contributed by atoms with E-state index in [-0.39, 0.29) is 18.0 Å². The molecule has 22 heavy (non-hydrogen) atoms. The molecule has 114 valence electrons. The predicted octanol–water partition coefficient (Wildman–Crippen LogP) is 0.0326. The minimum absolute atomic E-state index is 0.110. The summed E-state index contributed by atoms with van der Waals surface area (Å²) in [5.74, 6) is -0.230. The number of fused-ring (bicyclic) bond motifs is 2. The summed E-state index contributed by atoms with van der Waals surface area (Å²) in [5.41, 5.74) is -0.126. The first-order valence-corrected chi connectivity index (χ1v) is 7.71. The summed E-state index contributed by atoms with van der Waals surface area (Å²) < 4.78 is 6.62. The van der Waals surface area contributed by atoms with Crippen LogP contribution < -0.4 is 5.56 Å². The number of carbonyl (C=O) groups is 2. The summed E-state index contributed by atoms with van der Waals surface area (Å²) in [7, 11) is 0. The number of rotatable bonds is 1. The van der Waals surface area contributed by atoms with Crippen LogP contribution >= 0.6 is 11.3 Å². The minimum Gasteiger partial charge on any atom is -0.447 e. The van der Waals surface area contributed by atoms with E-state index >= 15 is 0 Å². The quantitative estimate of drug-likeness (QED) is 0.740. The van der Waals surface area contributed by atoms with Crippen molar-refractivity contribution < 1.29 is 14.3 Å². The highest BCUT2D eigenvalue weighted by molar-refractivity contribution is 7.15. The zero-order valence-corrected chi connectivity index (χ0v) is 12.3. The van der Waals surface area contributed by atoms with Crippen LogP contribution in [0.1, 0.15) is 10.5 Å². The average molecular weight is 320 g/mol. The molecule has 1 atom stereocenters. The number of thiazole rings is 1. The maximum atomic E-state index is 12.7. The number of hydrogen-bond donors (Lipinski definition) is 0. The van der Waals surface area contributed by atoms with E-state index < -0.39 is 5.56 Å². The van der Waals surface area contributed by atoms with Crippen LogP contribution in [0.15, 0.2) is 22.4 Å². The number of nitrogens with zero attached hydrogens (tertiary/aromatic N) is 4. The Morgan fingerprint density at radius 2 is 2.23 bits per heavy atom. The lowest BCUT2D eigenvalue weighted by Gasteiger charge is -2.35. The van der Waals surface area contributed by atoms with Gasteiger partial charge >= 0.3 is 6.09 Å². The summed E-state index contributed by atoms with van der Waals surface area (Å²) in [6.07, 6.45) is 1.40. The molecule has 0 saturated carbocycles. The van der Waals surface area contributed by atoms with Gasteiger partial charge in [0.15, 0.2) is 4.96 Å². The molecule has 2 fully saturated rings. The average Bonchev–Trinajstić information content (AvgIpc) is 3.12. The molecule has 2 aliphatic rings. The third-order valence-electron chi connectivity index (χ3n) is 3.94. The number of ether oxygens (including phenoxy) is 1. The highest BCUT2D eigenvalue weighted by Gasteiger charge is 2.39. The Balaban J connectivity index is 1.65. The van der Waals surface area contributed by atoms with Crippen LogP contribution in [0.25, 0.3) is 4.96 Å². The van der Waals surface area contributed by atoms with Crippen LogP contribution in [-0.4, -0.2) is 63.5 Å². The van der Waals surface area contributed by atoms with Crippen LogP contribution in [0, 0.1) is 0 Å². The van der Waals surface area contributed by atoms with Crippen molar-refractivity contribution in [2.45, 2.75) is 6.04 Å². The standard InChI is InChI=1S/C13H12N4O4S/c18-10-5-9(17-3-4-22-12(17)14-10)11(19)15-1-2-16-8(6-15)7-21-13(16)20/h3-5,8H,1-2,6-7H2/t8-/m0/s1. The molecule has 0 unspecified atom stereocenters. The van der Waals surface area contributed by atoms with Crippen molar-refractivity contribution in [3.8, 4) is 0 Å². The molecule has 0 aliphatic carbocycles. The SMILES string of the molecule is O=C(c1cc(=O)nc2sccn12)N1CCN2C(=O)OC[C@@H]2C1. The van der Waals surface area contributed by atoms with E-state index in [0.717, 1.165) is 0 Å². The molecule has 0 N–H and O–H groups in total. The monoisotopic (exact) mass is 320 g/mol. The largest absolute Gasteiger partial charge is 0.447 e. The molecule has 8 nitrogen and oxygen atoms in total. The Hall–Kier alpha value is -2.42. The Bertz CT molecular complexity index is 829. The molecule has 4 rings (SSSR count). The zero-order valence-electron chi connectivity index (χ0n) is 11.5. The first kappa shape index (κ1) is 13.3. The summed E-state index contributed by atoms with van der Waals surface area (Å²) in [4.78, 5) is 43.5. The summed E-state index contributed by atoms with van der Waals surface area (Å²) in [5, 5.41) is 1.78. The lowest BCUT2D eigenvalue weighted by Crippen LogP contribution is -2.54. The van der Waals surface area contributed by atoms with Gasteiger partial charge in [-0.1, -0.05) is 0 Å². The molecule has 0 spiro atoms. The van der Waals surface area contributed by atoms with Gasteiger partial charge in [-0.2, -0.15) is 4.98 Å². The first-order chi connectivity index (χ1) is 10.6. The molecular weight excluding hydrogens is 308 g/mol. The molecule has 9 heteroatoms. The molecule has 4 heterocycles. The number of amides is 2. The van der Waals surface area contributed by atoms with Crippen molar-refractivity contribution in [1.82, 2.24) is 19.2 Å². The molecule has 0 radical (unpaired) electrons. The van der Waals surface area contributed by atoms with Crippen molar-refractivity contribution in [2.75, 3.05) is 26.2 Å². The van der Waals surface area contributed by atoms with Crippen LogP contribution in [0.3, 0.4) is 0 Å².